The molecule has 11 heavy (non-hydrogen) atoms. The molecule has 68 valence electrons. The van der Waals surface area contributed by atoms with Crippen LogP contribution in [0, 0.1) is 0 Å². The second-order valence-electron chi connectivity index (χ2n) is 2.76. The number of hydrogen-bond donors (Lipinski definition) is 1. The topological polar surface area (TPSA) is 30.0 Å². The van der Waals surface area contributed by atoms with Gasteiger partial charge >= 0.3 is 0 Å². The van der Waals surface area contributed by atoms with Crippen LogP contribution in [-0.2, 0) is 0 Å². The average Bonchev–Trinajstić information content (AvgIpc) is 1.85. The van der Waals surface area contributed by atoms with Crippen molar-refractivity contribution in [2.45, 2.75) is 0 Å². The van der Waals surface area contributed by atoms with Gasteiger partial charge in [-0.3, -0.25) is 9.34 Å². The minimum absolute atomic E-state index is 0.0993. The van der Waals surface area contributed by atoms with E-state index in [0.717, 1.165) is 0 Å². The summed E-state index contributed by atoms with van der Waals surface area (Å²) < 4.78 is 6.12. The quantitative estimate of drug-likeness (QED) is 0.494. The SMILES string of the molecule is CN(C)P(N(C)C)N(C)CO. The lowest BCUT2D eigenvalue weighted by Crippen LogP contribution is -2.29. The molecule has 0 aliphatic carbocycles. The maximum absolute atomic E-state index is 8.89. The van der Waals surface area contributed by atoms with E-state index in [-0.39, 0.29) is 6.73 Å². The molecule has 0 atom stereocenters. The van der Waals surface area contributed by atoms with Gasteiger partial charge in [0, 0.05) is 0 Å². The zero-order valence-electron chi connectivity index (χ0n) is 7.94. The van der Waals surface area contributed by atoms with Gasteiger partial charge in [-0.1, -0.05) is 0 Å². The zero-order chi connectivity index (χ0) is 9.02. The molecule has 0 aliphatic heterocycles. The summed E-state index contributed by atoms with van der Waals surface area (Å²) in [7, 11) is 9.47. The summed E-state index contributed by atoms with van der Waals surface area (Å²) in [5.41, 5.74) is 0. The predicted molar refractivity (Wildman–Crippen MR) is 49.1 cm³/mol. The molecule has 0 aromatic carbocycles. The van der Waals surface area contributed by atoms with Crippen LogP contribution in [0.4, 0.5) is 0 Å². The first-order chi connectivity index (χ1) is 5.00. The Morgan fingerprint density at radius 2 is 1.36 bits per heavy atom. The van der Waals surface area contributed by atoms with Gasteiger partial charge in [-0.15, -0.1) is 0 Å². The van der Waals surface area contributed by atoms with Gasteiger partial charge in [0.15, 0.2) is 0 Å². The van der Waals surface area contributed by atoms with Crippen LogP contribution in [-0.4, -0.2) is 61.1 Å². The van der Waals surface area contributed by atoms with Crippen LogP contribution < -0.4 is 0 Å². The molecule has 0 saturated carbocycles. The lowest BCUT2D eigenvalue weighted by atomic mass is 11.2. The summed E-state index contributed by atoms with van der Waals surface area (Å²) in [6.07, 6.45) is 0. The molecule has 0 heterocycles. The standard InChI is InChI=1S/C6H18N3OP/c1-7(2)11(8(3)4)9(5)6-10/h10H,6H2,1-5H3. The van der Waals surface area contributed by atoms with Crippen LogP contribution in [0.2, 0.25) is 0 Å². The molecule has 5 heteroatoms. The van der Waals surface area contributed by atoms with E-state index in [1.54, 1.807) is 0 Å². The van der Waals surface area contributed by atoms with E-state index in [0.29, 0.717) is 0 Å². The van der Waals surface area contributed by atoms with Crippen molar-refractivity contribution in [3.63, 3.8) is 0 Å². The normalized spacial score (nSPS) is 12.5. The lowest BCUT2D eigenvalue weighted by molar-refractivity contribution is 0.194. The second-order valence-corrected chi connectivity index (χ2v) is 5.58. The van der Waals surface area contributed by atoms with Crippen molar-refractivity contribution in [1.29, 1.82) is 0 Å². The Morgan fingerprint density at radius 1 is 1.00 bits per heavy atom. The Kier molecular flexibility index (Phi) is 5.13. The van der Waals surface area contributed by atoms with Crippen molar-refractivity contribution >= 4 is 8.37 Å². The van der Waals surface area contributed by atoms with Gasteiger partial charge in [0.05, 0.1) is 0 Å². The maximum atomic E-state index is 8.89. The molecule has 0 bridgehead atoms. The number of aliphatic hydroxyl groups is 1. The summed E-state index contributed by atoms with van der Waals surface area (Å²) in [6.45, 7) is 0.0993. The fourth-order valence-corrected chi connectivity index (χ4v) is 3.08. The van der Waals surface area contributed by atoms with Crippen LogP contribution in [0.1, 0.15) is 0 Å². The molecule has 0 spiro atoms. The highest BCUT2D eigenvalue weighted by Crippen LogP contribution is 2.41. The largest absolute Gasteiger partial charge is 0.381 e. The molecule has 0 aromatic heterocycles. The number of nitrogens with zero attached hydrogens (tertiary/aromatic N) is 3. The molecule has 0 fully saturated rings. The second kappa shape index (κ2) is 5.01. The van der Waals surface area contributed by atoms with Gasteiger partial charge in [0.2, 0.25) is 0 Å². The van der Waals surface area contributed by atoms with E-state index in [1.165, 1.54) is 0 Å². The highest BCUT2D eigenvalue weighted by Gasteiger charge is 2.18. The molecular formula is C6H18N3OP. The van der Waals surface area contributed by atoms with E-state index >= 15 is 0 Å². The smallest absolute Gasteiger partial charge is 0.120 e. The summed E-state index contributed by atoms with van der Waals surface area (Å²) in [5.74, 6) is 0. The average molecular weight is 179 g/mol. The van der Waals surface area contributed by atoms with Crippen molar-refractivity contribution < 1.29 is 5.11 Å². The van der Waals surface area contributed by atoms with Gasteiger partial charge in [-0.2, -0.15) is 0 Å². The molecule has 1 N–H and O–H groups in total. The molecule has 4 nitrogen and oxygen atoms in total. The highest BCUT2D eigenvalue weighted by atomic mass is 31.2. The number of rotatable bonds is 4. The van der Waals surface area contributed by atoms with Gasteiger partial charge in [0.1, 0.15) is 15.1 Å². The molecule has 0 amide bonds. The zero-order valence-corrected chi connectivity index (χ0v) is 8.84. The minimum atomic E-state index is -0.490. The van der Waals surface area contributed by atoms with E-state index in [2.05, 4.69) is 9.34 Å². The first kappa shape index (κ1) is 11.3. The molecule has 0 aliphatic rings. The van der Waals surface area contributed by atoms with Gasteiger partial charge < -0.3 is 5.11 Å². The third kappa shape index (κ3) is 3.45. The Hall–Kier alpha value is 0.270. The van der Waals surface area contributed by atoms with Crippen molar-refractivity contribution in [1.82, 2.24) is 14.0 Å². The van der Waals surface area contributed by atoms with Crippen molar-refractivity contribution in [3.05, 3.63) is 0 Å². The monoisotopic (exact) mass is 179 g/mol. The Morgan fingerprint density at radius 3 is 1.45 bits per heavy atom. The fraction of sp³-hybridized carbons (Fsp3) is 1.00. The molecular weight excluding hydrogens is 161 g/mol. The van der Waals surface area contributed by atoms with Crippen LogP contribution in [0.5, 0.6) is 0 Å². The summed E-state index contributed by atoms with van der Waals surface area (Å²) in [4.78, 5) is 0. The fourth-order valence-electron chi connectivity index (χ4n) is 1.03. The molecule has 0 radical (unpaired) electrons. The first-order valence-corrected chi connectivity index (χ1v) is 4.67. The van der Waals surface area contributed by atoms with E-state index < -0.39 is 8.37 Å². The molecule has 0 aromatic rings. The summed E-state index contributed by atoms with van der Waals surface area (Å²) in [5, 5.41) is 8.89. The van der Waals surface area contributed by atoms with Crippen LogP contribution in [0.25, 0.3) is 0 Å². The maximum Gasteiger partial charge on any atom is 0.120 e. The van der Waals surface area contributed by atoms with Crippen molar-refractivity contribution in [2.24, 2.45) is 0 Å². The predicted octanol–water partition coefficient (Wildman–Crippen LogP) is 0.218. The van der Waals surface area contributed by atoms with Gasteiger partial charge in [0.25, 0.3) is 0 Å². The third-order valence-electron chi connectivity index (χ3n) is 1.23. The highest BCUT2D eigenvalue weighted by molar-refractivity contribution is 7.49. The molecule has 0 rings (SSSR count). The van der Waals surface area contributed by atoms with Crippen LogP contribution >= 0.6 is 8.37 Å². The van der Waals surface area contributed by atoms with E-state index in [1.807, 2.05) is 39.9 Å². The Balaban J connectivity index is 4.09. The Bertz CT molecular complexity index is 102. The van der Waals surface area contributed by atoms with E-state index in [9.17, 15) is 0 Å². The molecule has 0 saturated heterocycles. The van der Waals surface area contributed by atoms with E-state index in [4.69, 9.17) is 5.11 Å². The van der Waals surface area contributed by atoms with Gasteiger partial charge in [-0.25, -0.2) is 4.67 Å². The number of hydrogen-bond acceptors (Lipinski definition) is 4. The molecule has 0 unspecified atom stereocenters. The first-order valence-electron chi connectivity index (χ1n) is 3.47. The third-order valence-corrected chi connectivity index (χ3v) is 3.39. The van der Waals surface area contributed by atoms with Crippen LogP contribution in [0.3, 0.4) is 0 Å². The Labute approximate surface area is 70.3 Å². The summed E-state index contributed by atoms with van der Waals surface area (Å²) >= 11 is 0. The van der Waals surface area contributed by atoms with Crippen LogP contribution in [0.15, 0.2) is 0 Å². The van der Waals surface area contributed by atoms with Crippen molar-refractivity contribution in [2.75, 3.05) is 42.0 Å². The van der Waals surface area contributed by atoms with Crippen molar-refractivity contribution in [3.8, 4) is 0 Å². The minimum Gasteiger partial charge on any atom is -0.381 e. The lowest BCUT2D eigenvalue weighted by Gasteiger charge is -2.35. The number of aliphatic hydroxyl groups excluding tert-OH is 1. The van der Waals surface area contributed by atoms with Gasteiger partial charge in [-0.05, 0) is 35.2 Å². The summed E-state index contributed by atoms with van der Waals surface area (Å²) in [6, 6.07) is 0.